The number of ketones is 1. The number of H-pyrrole nitrogens is 1. The zero-order chi connectivity index (χ0) is 26.3. The Hall–Kier alpha value is -4.82. The number of aromatic amines is 1. The van der Waals surface area contributed by atoms with Gasteiger partial charge in [-0.05, 0) is 16.8 Å². The van der Waals surface area contributed by atoms with Crippen LogP contribution in [-0.2, 0) is 11.8 Å². The molecule has 4 aromatic rings. The molecule has 1 N–H and O–H groups in total. The third kappa shape index (κ3) is 3.74. The Balaban J connectivity index is 1.24. The van der Waals surface area contributed by atoms with Crippen molar-refractivity contribution in [3.05, 3.63) is 54.6 Å². The molecule has 2 aliphatic rings. The summed E-state index contributed by atoms with van der Waals surface area (Å²) in [4.78, 5) is 40.4. The SMILES string of the molecule is COc1cnc(-c2ccn(C)n2)c2[nH]cc(C(=O)C(=O)N3CCN([N+]4(c5ccccn5)C=NN=N4)CC3)c12. The summed E-state index contributed by atoms with van der Waals surface area (Å²) < 4.78 is 7.05. The number of aromatic nitrogens is 5. The molecule has 192 valence electrons. The number of aryl methyl sites for hydroxylation is 1. The first-order chi connectivity index (χ1) is 18.5. The highest BCUT2D eigenvalue weighted by molar-refractivity contribution is 6.45. The summed E-state index contributed by atoms with van der Waals surface area (Å²) in [6.07, 6.45) is 8.14. The number of rotatable bonds is 6. The summed E-state index contributed by atoms with van der Waals surface area (Å²) in [6, 6.07) is 7.36. The summed E-state index contributed by atoms with van der Waals surface area (Å²) in [5.74, 6) is -0.193. The van der Waals surface area contributed by atoms with Gasteiger partial charge in [0.25, 0.3) is 23.8 Å². The first kappa shape index (κ1) is 23.6. The van der Waals surface area contributed by atoms with E-state index in [2.05, 4.69) is 35.6 Å². The van der Waals surface area contributed by atoms with Crippen LogP contribution in [0.5, 0.6) is 5.75 Å². The van der Waals surface area contributed by atoms with Crippen molar-refractivity contribution in [3.63, 3.8) is 0 Å². The fourth-order valence-corrected chi connectivity index (χ4v) is 4.78. The lowest BCUT2D eigenvalue weighted by Gasteiger charge is -2.38. The predicted molar refractivity (Wildman–Crippen MR) is 137 cm³/mol. The number of nitrogens with one attached hydrogen (secondary N) is 1. The molecule has 0 radical (unpaired) electrons. The van der Waals surface area contributed by atoms with E-state index < -0.39 is 11.7 Å². The highest BCUT2D eigenvalue weighted by atomic mass is 16.5. The second kappa shape index (κ2) is 9.24. The molecule has 0 saturated carbocycles. The van der Waals surface area contributed by atoms with Crippen LogP contribution in [0, 0.1) is 0 Å². The van der Waals surface area contributed by atoms with Crippen molar-refractivity contribution in [2.45, 2.75) is 0 Å². The minimum Gasteiger partial charge on any atom is -0.494 e. The molecule has 0 bridgehead atoms. The lowest BCUT2D eigenvalue weighted by atomic mass is 10.1. The van der Waals surface area contributed by atoms with Crippen LogP contribution >= 0.6 is 0 Å². The molecular weight excluding hydrogens is 490 g/mol. The average molecular weight is 515 g/mol. The molecule has 6 rings (SSSR count). The highest BCUT2D eigenvalue weighted by Gasteiger charge is 2.45. The van der Waals surface area contributed by atoms with E-state index in [0.717, 1.165) is 0 Å². The molecule has 6 heterocycles. The Morgan fingerprint density at radius 2 is 1.95 bits per heavy atom. The van der Waals surface area contributed by atoms with Gasteiger partial charge in [0.1, 0.15) is 17.1 Å². The molecule has 1 unspecified atom stereocenters. The van der Waals surface area contributed by atoms with Gasteiger partial charge in [-0.2, -0.15) is 5.10 Å². The number of nitrogens with zero attached hydrogens (tertiary/aromatic N) is 10. The summed E-state index contributed by atoms with van der Waals surface area (Å²) in [5.41, 5.74) is 1.99. The maximum absolute atomic E-state index is 13.5. The monoisotopic (exact) mass is 514 g/mol. The van der Waals surface area contributed by atoms with Gasteiger partial charge in [0.2, 0.25) is 0 Å². The second-order valence-electron chi connectivity index (χ2n) is 8.82. The maximum Gasteiger partial charge on any atom is 0.295 e. The minimum atomic E-state index is -0.628. The first-order valence-corrected chi connectivity index (χ1v) is 11.9. The van der Waals surface area contributed by atoms with E-state index in [4.69, 9.17) is 4.74 Å². The third-order valence-electron chi connectivity index (χ3n) is 6.69. The van der Waals surface area contributed by atoms with Crippen LogP contribution in [0.25, 0.3) is 22.3 Å². The fourth-order valence-electron chi connectivity index (χ4n) is 4.78. The van der Waals surface area contributed by atoms with E-state index in [-0.39, 0.29) is 10.3 Å². The fraction of sp³-hybridized carbons (Fsp3) is 0.250. The Morgan fingerprint density at radius 3 is 2.61 bits per heavy atom. The normalized spacial score (nSPS) is 19.4. The van der Waals surface area contributed by atoms with Crippen LogP contribution < -0.4 is 9.44 Å². The van der Waals surface area contributed by atoms with Gasteiger partial charge in [-0.1, -0.05) is 11.2 Å². The van der Waals surface area contributed by atoms with Gasteiger partial charge in [0.05, 0.1) is 48.1 Å². The molecule has 0 aliphatic carbocycles. The van der Waals surface area contributed by atoms with E-state index in [1.807, 2.05) is 36.3 Å². The Labute approximate surface area is 216 Å². The number of Topliss-reactive ketones (excluding diaryl/α,β-unsaturated/α-hetero) is 1. The molecule has 2 aliphatic heterocycles. The van der Waals surface area contributed by atoms with Crippen LogP contribution in [-0.4, -0.2) is 86.0 Å². The molecule has 1 saturated heterocycles. The Morgan fingerprint density at radius 1 is 1.11 bits per heavy atom. The molecule has 0 spiro atoms. The number of hydrogen-bond acceptors (Lipinski definition) is 10. The Bertz CT molecular complexity index is 1570. The molecular formula is C24H24N11O3+. The lowest BCUT2D eigenvalue weighted by Crippen LogP contribution is -2.63. The number of quaternary nitrogens is 1. The van der Waals surface area contributed by atoms with Crippen molar-refractivity contribution in [2.75, 3.05) is 33.3 Å². The molecule has 1 atom stereocenters. The van der Waals surface area contributed by atoms with Gasteiger partial charge < -0.3 is 14.6 Å². The predicted octanol–water partition coefficient (Wildman–Crippen LogP) is 1.94. The van der Waals surface area contributed by atoms with Crippen LogP contribution in [0.2, 0.25) is 0 Å². The smallest absolute Gasteiger partial charge is 0.295 e. The summed E-state index contributed by atoms with van der Waals surface area (Å²) >= 11 is 0. The van der Waals surface area contributed by atoms with Crippen LogP contribution in [0.1, 0.15) is 10.4 Å². The Kier molecular flexibility index (Phi) is 5.73. The van der Waals surface area contributed by atoms with E-state index in [0.29, 0.717) is 60.0 Å². The van der Waals surface area contributed by atoms with Crippen molar-refractivity contribution < 1.29 is 14.3 Å². The summed E-state index contributed by atoms with van der Waals surface area (Å²) in [7, 11) is 3.31. The van der Waals surface area contributed by atoms with Gasteiger partial charge in [-0.3, -0.25) is 14.3 Å². The number of hydrogen-bond donors (Lipinski definition) is 1. The summed E-state index contributed by atoms with van der Waals surface area (Å²) in [6.45, 7) is 1.51. The van der Waals surface area contributed by atoms with Gasteiger partial charge >= 0.3 is 0 Å². The standard InChI is InChI=1S/C24H23N11O3/c1-32-8-6-17(29-32)21-22-20(18(38-2)14-27-21)16(13-26-22)23(36)24(37)33-9-11-34(12-10-33)35(15-28-30-31-35)19-5-3-4-7-25-19/h3-8,13-15H,9-12H2,1-2H3/p+1. The van der Waals surface area contributed by atoms with Gasteiger partial charge in [-0.25, -0.2) is 9.97 Å². The zero-order valence-electron chi connectivity index (χ0n) is 20.7. The van der Waals surface area contributed by atoms with Crippen molar-refractivity contribution in [1.29, 1.82) is 0 Å². The molecule has 14 nitrogen and oxygen atoms in total. The van der Waals surface area contributed by atoms with Gasteiger partial charge in [0, 0.05) is 50.0 Å². The molecule has 14 heteroatoms. The van der Waals surface area contributed by atoms with Crippen molar-refractivity contribution in [3.8, 4) is 17.1 Å². The second-order valence-corrected chi connectivity index (χ2v) is 8.82. The van der Waals surface area contributed by atoms with Crippen LogP contribution in [0.4, 0.5) is 5.82 Å². The van der Waals surface area contributed by atoms with E-state index >= 15 is 0 Å². The van der Waals surface area contributed by atoms with Crippen molar-refractivity contribution >= 4 is 34.7 Å². The van der Waals surface area contributed by atoms with Gasteiger partial charge in [-0.15, -0.1) is 5.01 Å². The van der Waals surface area contributed by atoms with E-state index in [1.165, 1.54) is 19.5 Å². The number of piperazine rings is 1. The first-order valence-electron chi connectivity index (χ1n) is 11.9. The van der Waals surface area contributed by atoms with E-state index in [9.17, 15) is 9.59 Å². The van der Waals surface area contributed by atoms with Crippen LogP contribution in [0.15, 0.2) is 64.6 Å². The van der Waals surface area contributed by atoms with Crippen molar-refractivity contribution in [2.24, 2.45) is 22.6 Å². The number of pyridine rings is 2. The summed E-state index contributed by atoms with van der Waals surface area (Å²) in [5, 5.41) is 19.0. The number of methoxy groups -OCH3 is 1. The number of ether oxygens (including phenoxy) is 1. The third-order valence-corrected chi connectivity index (χ3v) is 6.69. The van der Waals surface area contributed by atoms with Crippen molar-refractivity contribution in [1.82, 2.24) is 39.3 Å². The molecule has 4 aromatic heterocycles. The number of fused-ring (bicyclic) bond motifs is 1. The minimum absolute atomic E-state index is 0.111. The molecule has 0 aromatic carbocycles. The zero-order valence-corrected chi connectivity index (χ0v) is 20.7. The molecule has 38 heavy (non-hydrogen) atoms. The quantitative estimate of drug-likeness (QED) is 0.235. The largest absolute Gasteiger partial charge is 0.494 e. The molecule has 1 fully saturated rings. The number of carbonyl (C=O) groups excluding carboxylic acids is 2. The topological polar surface area (TPSA) is 146 Å². The van der Waals surface area contributed by atoms with Gasteiger partial charge in [0.15, 0.2) is 0 Å². The van der Waals surface area contributed by atoms with E-state index in [1.54, 1.807) is 28.3 Å². The number of carbonyl (C=O) groups is 2. The lowest BCUT2D eigenvalue weighted by molar-refractivity contribution is -0.130. The molecule has 1 amide bonds. The highest BCUT2D eigenvalue weighted by Crippen LogP contribution is 2.34. The average Bonchev–Trinajstić information content (AvgIpc) is 3.73. The maximum atomic E-state index is 13.5. The van der Waals surface area contributed by atoms with Crippen LogP contribution in [0.3, 0.4) is 0 Å². The number of amides is 1.